The van der Waals surface area contributed by atoms with Gasteiger partial charge in [0.2, 0.25) is 15.9 Å². The van der Waals surface area contributed by atoms with E-state index in [1.165, 1.54) is 22.5 Å². The van der Waals surface area contributed by atoms with Gasteiger partial charge < -0.3 is 10.3 Å². The summed E-state index contributed by atoms with van der Waals surface area (Å²) in [7, 11) is -3.81. The van der Waals surface area contributed by atoms with Crippen molar-refractivity contribution in [2.45, 2.75) is 24.7 Å². The average molecular weight is 493 g/mol. The van der Waals surface area contributed by atoms with Crippen molar-refractivity contribution in [3.05, 3.63) is 78.1 Å². The number of nitrogens with one attached hydrogen (secondary N) is 2. The van der Waals surface area contributed by atoms with Crippen molar-refractivity contribution in [2.24, 2.45) is 5.92 Å². The Hall–Kier alpha value is -3.56. The molecule has 1 aliphatic heterocycles. The van der Waals surface area contributed by atoms with Crippen LogP contribution >= 0.6 is 0 Å². The fraction of sp³-hybridized carbons (Fsp3) is 0.231. The first-order valence-corrected chi connectivity index (χ1v) is 12.9. The van der Waals surface area contributed by atoms with Gasteiger partial charge in [-0.05, 0) is 61.7 Å². The summed E-state index contributed by atoms with van der Waals surface area (Å²) >= 11 is 0. The number of halogens is 1. The molecule has 4 aromatic rings. The highest BCUT2D eigenvalue weighted by atomic mass is 32.2. The van der Waals surface area contributed by atoms with E-state index in [2.05, 4.69) is 15.3 Å². The monoisotopic (exact) mass is 492 g/mol. The average Bonchev–Trinajstić information content (AvgIpc) is 3.30. The molecule has 2 N–H and O–H groups in total. The molecule has 3 aromatic carbocycles. The zero-order valence-electron chi connectivity index (χ0n) is 19.2. The number of anilines is 1. The number of fused-ring (bicyclic) bond motifs is 1. The van der Waals surface area contributed by atoms with E-state index in [4.69, 9.17) is 0 Å². The summed E-state index contributed by atoms with van der Waals surface area (Å²) in [6.07, 6.45) is 1.16. The number of hydrogen-bond acceptors (Lipinski definition) is 4. The number of rotatable bonds is 5. The second-order valence-electron chi connectivity index (χ2n) is 8.78. The maximum absolute atomic E-state index is 13.4. The summed E-state index contributed by atoms with van der Waals surface area (Å²) in [5.74, 6) is -0.471. The highest BCUT2D eigenvalue weighted by molar-refractivity contribution is 7.89. The van der Waals surface area contributed by atoms with Crippen molar-refractivity contribution in [1.82, 2.24) is 14.3 Å². The quantitative estimate of drug-likeness (QED) is 0.422. The van der Waals surface area contributed by atoms with Crippen LogP contribution in [0.25, 0.3) is 22.4 Å². The van der Waals surface area contributed by atoms with Gasteiger partial charge in [0.05, 0.1) is 21.8 Å². The lowest BCUT2D eigenvalue weighted by Crippen LogP contribution is -2.43. The van der Waals surface area contributed by atoms with Gasteiger partial charge in [-0.2, -0.15) is 4.31 Å². The van der Waals surface area contributed by atoms with Crippen LogP contribution in [0.1, 0.15) is 18.4 Å². The van der Waals surface area contributed by atoms with E-state index in [0.717, 1.165) is 5.56 Å². The molecule has 7 nitrogen and oxygen atoms in total. The summed E-state index contributed by atoms with van der Waals surface area (Å²) in [5.41, 5.74) is 3.35. The molecule has 180 valence electrons. The van der Waals surface area contributed by atoms with E-state index in [0.29, 0.717) is 47.5 Å². The minimum absolute atomic E-state index is 0.0880. The van der Waals surface area contributed by atoms with E-state index < -0.39 is 15.9 Å². The Bertz CT molecular complexity index is 1500. The maximum atomic E-state index is 13.4. The van der Waals surface area contributed by atoms with Crippen molar-refractivity contribution in [3.63, 3.8) is 0 Å². The first-order valence-electron chi connectivity index (χ1n) is 11.4. The number of sulfonamides is 1. The van der Waals surface area contributed by atoms with Gasteiger partial charge in [0.25, 0.3) is 0 Å². The number of benzene rings is 3. The van der Waals surface area contributed by atoms with Gasteiger partial charge in [-0.15, -0.1) is 0 Å². The minimum Gasteiger partial charge on any atom is -0.338 e. The van der Waals surface area contributed by atoms with E-state index in [1.54, 1.807) is 25.1 Å². The van der Waals surface area contributed by atoms with Crippen LogP contribution in [-0.4, -0.2) is 41.7 Å². The number of hydrogen-bond donors (Lipinski definition) is 2. The van der Waals surface area contributed by atoms with E-state index in [-0.39, 0.29) is 23.2 Å². The Morgan fingerprint density at radius 1 is 1.11 bits per heavy atom. The SMILES string of the molecule is Cc1cc(F)ccc1NC(=O)[C@@H]1CCCN(S(=O)(=O)c2ccc3nc(-c4ccccc4)[nH]c3c2)C1. The zero-order valence-corrected chi connectivity index (χ0v) is 20.0. The van der Waals surface area contributed by atoms with Crippen LogP contribution in [0.5, 0.6) is 0 Å². The highest BCUT2D eigenvalue weighted by Gasteiger charge is 2.33. The number of aromatic nitrogens is 2. The molecule has 2 heterocycles. The molecule has 0 unspecified atom stereocenters. The smallest absolute Gasteiger partial charge is 0.243 e. The number of aryl methyl sites for hydroxylation is 1. The van der Waals surface area contributed by atoms with E-state index in [9.17, 15) is 17.6 Å². The molecule has 0 aliphatic carbocycles. The van der Waals surface area contributed by atoms with Gasteiger partial charge in [0.15, 0.2) is 0 Å². The van der Waals surface area contributed by atoms with Crippen molar-refractivity contribution in [3.8, 4) is 11.4 Å². The lowest BCUT2D eigenvalue weighted by atomic mass is 9.98. The van der Waals surface area contributed by atoms with E-state index in [1.807, 2.05) is 30.3 Å². The number of piperidine rings is 1. The second kappa shape index (κ2) is 9.24. The Morgan fingerprint density at radius 3 is 2.69 bits per heavy atom. The molecule has 0 bridgehead atoms. The maximum Gasteiger partial charge on any atom is 0.243 e. The third-order valence-corrected chi connectivity index (χ3v) is 8.20. The van der Waals surface area contributed by atoms with Crippen LogP contribution in [0, 0.1) is 18.7 Å². The van der Waals surface area contributed by atoms with Crippen LogP contribution in [0.2, 0.25) is 0 Å². The summed E-state index contributed by atoms with van der Waals surface area (Å²) in [6, 6.07) is 18.6. The van der Waals surface area contributed by atoms with Gasteiger partial charge in [-0.3, -0.25) is 4.79 Å². The fourth-order valence-electron chi connectivity index (χ4n) is 4.41. The van der Waals surface area contributed by atoms with Crippen molar-refractivity contribution >= 4 is 32.7 Å². The van der Waals surface area contributed by atoms with Crippen LogP contribution in [0.3, 0.4) is 0 Å². The number of imidazole rings is 1. The molecule has 1 aliphatic rings. The Balaban J connectivity index is 1.35. The second-order valence-corrected chi connectivity index (χ2v) is 10.7. The molecular weight excluding hydrogens is 467 g/mol. The van der Waals surface area contributed by atoms with Crippen molar-refractivity contribution in [2.75, 3.05) is 18.4 Å². The summed E-state index contributed by atoms with van der Waals surface area (Å²) in [6.45, 7) is 2.15. The fourth-order valence-corrected chi connectivity index (χ4v) is 5.96. The number of carbonyl (C=O) groups is 1. The molecule has 1 atom stereocenters. The van der Waals surface area contributed by atoms with Gasteiger partial charge in [-0.1, -0.05) is 30.3 Å². The molecule has 5 rings (SSSR count). The van der Waals surface area contributed by atoms with Crippen molar-refractivity contribution < 1.29 is 17.6 Å². The largest absolute Gasteiger partial charge is 0.338 e. The van der Waals surface area contributed by atoms with Gasteiger partial charge in [0.1, 0.15) is 11.6 Å². The molecular formula is C26H25FN4O3S. The Morgan fingerprint density at radius 2 is 1.91 bits per heavy atom. The minimum atomic E-state index is -3.81. The third-order valence-electron chi connectivity index (χ3n) is 6.34. The number of carbonyl (C=O) groups excluding carboxylic acids is 1. The van der Waals surface area contributed by atoms with Crippen molar-refractivity contribution in [1.29, 1.82) is 0 Å². The van der Waals surface area contributed by atoms with Gasteiger partial charge in [-0.25, -0.2) is 17.8 Å². The third kappa shape index (κ3) is 4.69. The molecule has 1 aromatic heterocycles. The standard InChI is InChI=1S/C26H25FN4O3S/c1-17-14-20(27)9-11-22(17)30-26(32)19-8-5-13-31(16-19)35(33,34)21-10-12-23-24(15-21)29-25(28-23)18-6-3-2-4-7-18/h2-4,6-7,9-12,14-15,19H,5,8,13,16H2,1H3,(H,28,29)(H,30,32)/t19-/m1/s1. The number of H-pyrrole nitrogens is 1. The highest BCUT2D eigenvalue weighted by Crippen LogP contribution is 2.28. The predicted molar refractivity (Wildman–Crippen MR) is 133 cm³/mol. The molecule has 0 radical (unpaired) electrons. The number of amides is 1. The summed E-state index contributed by atoms with van der Waals surface area (Å²) in [4.78, 5) is 20.8. The van der Waals surface area contributed by atoms with Gasteiger partial charge >= 0.3 is 0 Å². The van der Waals surface area contributed by atoms with Crippen LogP contribution in [0.4, 0.5) is 10.1 Å². The molecule has 35 heavy (non-hydrogen) atoms. The molecule has 0 saturated carbocycles. The Labute approximate surface area is 203 Å². The van der Waals surface area contributed by atoms with E-state index >= 15 is 0 Å². The predicted octanol–water partition coefficient (Wildman–Crippen LogP) is 4.72. The van der Waals surface area contributed by atoms with Crippen LogP contribution in [0.15, 0.2) is 71.6 Å². The number of nitrogens with zero attached hydrogens (tertiary/aromatic N) is 2. The van der Waals surface area contributed by atoms with Gasteiger partial charge in [0, 0.05) is 24.3 Å². The van der Waals surface area contributed by atoms with Crippen LogP contribution < -0.4 is 5.32 Å². The summed E-state index contributed by atoms with van der Waals surface area (Å²) in [5, 5.41) is 2.82. The number of aromatic amines is 1. The first-order chi connectivity index (χ1) is 16.8. The normalized spacial score (nSPS) is 16.9. The van der Waals surface area contributed by atoms with Crippen LogP contribution in [-0.2, 0) is 14.8 Å². The molecule has 9 heteroatoms. The molecule has 1 saturated heterocycles. The lowest BCUT2D eigenvalue weighted by molar-refractivity contribution is -0.120. The first kappa shape index (κ1) is 23.2. The Kier molecular flexibility index (Phi) is 6.12. The lowest BCUT2D eigenvalue weighted by Gasteiger charge is -2.31. The zero-order chi connectivity index (χ0) is 24.6. The topological polar surface area (TPSA) is 95.2 Å². The molecule has 1 amide bonds. The molecule has 1 fully saturated rings. The summed E-state index contributed by atoms with van der Waals surface area (Å²) < 4.78 is 41.6. The molecule has 0 spiro atoms.